The van der Waals surface area contributed by atoms with Crippen LogP contribution in [0.3, 0.4) is 0 Å². The molecule has 0 radical (unpaired) electrons. The van der Waals surface area contributed by atoms with Gasteiger partial charge in [-0.1, -0.05) is 18.2 Å². The van der Waals surface area contributed by atoms with Gasteiger partial charge >= 0.3 is 0 Å². The fourth-order valence-corrected chi connectivity index (χ4v) is 3.83. The van der Waals surface area contributed by atoms with Crippen molar-refractivity contribution >= 4 is 17.5 Å². The van der Waals surface area contributed by atoms with Crippen LogP contribution < -0.4 is 19.7 Å². The third kappa shape index (κ3) is 5.59. The van der Waals surface area contributed by atoms with Gasteiger partial charge in [0.1, 0.15) is 30.9 Å². The van der Waals surface area contributed by atoms with E-state index in [0.717, 1.165) is 0 Å². The standard InChI is InChI=1S/C27H26F2N2O4/c1-27(2,3)30-25(32)24(17-7-10-19(28)11-8-17)31(21-6-4-5-20(29)16-21)26(33)18-9-12-22-23(15-18)35-14-13-34-22/h4-12,15-16,24H,13-14H2,1-3H3,(H,30,32)/t24-/m0/s1. The van der Waals surface area contributed by atoms with Crippen LogP contribution in [0.25, 0.3) is 0 Å². The van der Waals surface area contributed by atoms with Gasteiger partial charge < -0.3 is 14.8 Å². The third-order valence-electron chi connectivity index (χ3n) is 5.28. The normalized spacial score (nSPS) is 13.6. The second kappa shape index (κ2) is 9.74. The smallest absolute Gasteiger partial charge is 0.259 e. The fraction of sp³-hybridized carbons (Fsp3) is 0.259. The summed E-state index contributed by atoms with van der Waals surface area (Å²) in [5.41, 5.74) is 0.129. The molecule has 182 valence electrons. The first-order valence-corrected chi connectivity index (χ1v) is 11.2. The molecule has 1 heterocycles. The first-order chi connectivity index (χ1) is 16.6. The van der Waals surface area contributed by atoms with Crippen LogP contribution in [0.2, 0.25) is 0 Å². The summed E-state index contributed by atoms with van der Waals surface area (Å²) in [6.45, 7) is 6.16. The van der Waals surface area contributed by atoms with E-state index in [1.165, 1.54) is 53.4 Å². The number of anilines is 1. The van der Waals surface area contributed by atoms with Crippen LogP contribution in [0.15, 0.2) is 66.7 Å². The number of hydrogen-bond donors (Lipinski definition) is 1. The van der Waals surface area contributed by atoms with Gasteiger partial charge in [-0.15, -0.1) is 0 Å². The maximum absolute atomic E-state index is 14.3. The highest BCUT2D eigenvalue weighted by molar-refractivity contribution is 6.10. The number of benzene rings is 3. The minimum Gasteiger partial charge on any atom is -0.486 e. The number of rotatable bonds is 5. The highest BCUT2D eigenvalue weighted by atomic mass is 19.1. The van der Waals surface area contributed by atoms with Gasteiger partial charge in [-0.2, -0.15) is 0 Å². The van der Waals surface area contributed by atoms with Gasteiger partial charge in [0.05, 0.1) is 0 Å². The van der Waals surface area contributed by atoms with Crippen LogP contribution in [0.1, 0.15) is 42.7 Å². The summed E-state index contributed by atoms with van der Waals surface area (Å²) in [6.07, 6.45) is 0. The maximum atomic E-state index is 14.3. The molecule has 35 heavy (non-hydrogen) atoms. The summed E-state index contributed by atoms with van der Waals surface area (Å²) >= 11 is 0. The zero-order valence-corrected chi connectivity index (χ0v) is 19.7. The highest BCUT2D eigenvalue weighted by Crippen LogP contribution is 2.35. The van der Waals surface area contributed by atoms with E-state index in [0.29, 0.717) is 30.3 Å². The Balaban J connectivity index is 1.86. The quantitative estimate of drug-likeness (QED) is 0.556. The molecule has 0 bridgehead atoms. The molecule has 1 atom stereocenters. The van der Waals surface area contributed by atoms with Crippen molar-refractivity contribution in [1.82, 2.24) is 5.32 Å². The topological polar surface area (TPSA) is 67.9 Å². The van der Waals surface area contributed by atoms with E-state index in [1.807, 2.05) is 20.8 Å². The Bertz CT molecular complexity index is 1240. The van der Waals surface area contributed by atoms with Gasteiger partial charge in [0.25, 0.3) is 5.91 Å². The molecule has 0 saturated heterocycles. The molecule has 6 nitrogen and oxygen atoms in total. The monoisotopic (exact) mass is 480 g/mol. The van der Waals surface area contributed by atoms with E-state index in [1.54, 1.807) is 18.2 Å². The number of carbonyl (C=O) groups is 2. The van der Waals surface area contributed by atoms with E-state index < -0.39 is 35.0 Å². The number of amides is 2. The molecule has 1 N–H and O–H groups in total. The van der Waals surface area contributed by atoms with Gasteiger partial charge in [-0.3, -0.25) is 14.5 Å². The van der Waals surface area contributed by atoms with Gasteiger partial charge in [0.15, 0.2) is 11.5 Å². The van der Waals surface area contributed by atoms with E-state index in [4.69, 9.17) is 9.47 Å². The third-order valence-corrected chi connectivity index (χ3v) is 5.28. The molecule has 1 aliphatic heterocycles. The molecule has 0 aromatic heterocycles. The second-order valence-electron chi connectivity index (χ2n) is 9.21. The first kappa shape index (κ1) is 24.2. The lowest BCUT2D eigenvalue weighted by Gasteiger charge is -2.34. The van der Waals surface area contributed by atoms with Crippen LogP contribution >= 0.6 is 0 Å². The van der Waals surface area contributed by atoms with Crippen molar-refractivity contribution in [2.75, 3.05) is 18.1 Å². The van der Waals surface area contributed by atoms with Crippen LogP contribution in [-0.2, 0) is 4.79 Å². The minimum atomic E-state index is -1.21. The van der Waals surface area contributed by atoms with Crippen molar-refractivity contribution in [3.63, 3.8) is 0 Å². The Morgan fingerprint density at radius 2 is 1.57 bits per heavy atom. The number of halogens is 2. The molecule has 0 saturated carbocycles. The van der Waals surface area contributed by atoms with E-state index in [2.05, 4.69) is 5.32 Å². The van der Waals surface area contributed by atoms with Crippen molar-refractivity contribution in [2.45, 2.75) is 32.4 Å². The van der Waals surface area contributed by atoms with Crippen molar-refractivity contribution < 1.29 is 27.8 Å². The lowest BCUT2D eigenvalue weighted by Crippen LogP contribution is -2.49. The minimum absolute atomic E-state index is 0.170. The Hall–Kier alpha value is -3.94. The van der Waals surface area contributed by atoms with Crippen LogP contribution in [0.5, 0.6) is 11.5 Å². The fourth-order valence-electron chi connectivity index (χ4n) is 3.83. The van der Waals surface area contributed by atoms with Crippen molar-refractivity contribution in [3.05, 3.63) is 89.5 Å². The number of carbonyl (C=O) groups excluding carboxylic acids is 2. The average molecular weight is 481 g/mol. The largest absolute Gasteiger partial charge is 0.486 e. The van der Waals surface area contributed by atoms with Gasteiger partial charge in [-0.25, -0.2) is 8.78 Å². The Morgan fingerprint density at radius 3 is 2.23 bits per heavy atom. The molecule has 8 heteroatoms. The summed E-state index contributed by atoms with van der Waals surface area (Å²) < 4.78 is 39.2. The molecular formula is C27H26F2N2O4. The predicted molar refractivity (Wildman–Crippen MR) is 128 cm³/mol. The zero-order chi connectivity index (χ0) is 25.2. The van der Waals surface area contributed by atoms with E-state index >= 15 is 0 Å². The molecule has 1 aliphatic rings. The summed E-state index contributed by atoms with van der Waals surface area (Å²) in [5, 5.41) is 2.89. The number of fused-ring (bicyclic) bond motifs is 1. The SMILES string of the molecule is CC(C)(C)NC(=O)[C@H](c1ccc(F)cc1)N(C(=O)c1ccc2c(c1)OCCO2)c1cccc(F)c1. The summed E-state index contributed by atoms with van der Waals surface area (Å²) in [7, 11) is 0. The van der Waals surface area contributed by atoms with Crippen molar-refractivity contribution in [2.24, 2.45) is 0 Å². The molecule has 3 aromatic rings. The summed E-state index contributed by atoms with van der Waals surface area (Å²) in [4.78, 5) is 28.7. The van der Waals surface area contributed by atoms with Crippen molar-refractivity contribution in [1.29, 1.82) is 0 Å². The first-order valence-electron chi connectivity index (χ1n) is 11.2. The van der Waals surface area contributed by atoms with Gasteiger partial charge in [-0.05, 0) is 74.9 Å². The highest BCUT2D eigenvalue weighted by Gasteiger charge is 2.35. The number of hydrogen-bond acceptors (Lipinski definition) is 4. The van der Waals surface area contributed by atoms with E-state index in [9.17, 15) is 18.4 Å². The lowest BCUT2D eigenvalue weighted by atomic mass is 9.99. The van der Waals surface area contributed by atoms with Crippen LogP contribution in [0, 0.1) is 11.6 Å². The Kier molecular flexibility index (Phi) is 6.73. The second-order valence-corrected chi connectivity index (χ2v) is 9.21. The molecule has 0 unspecified atom stereocenters. The van der Waals surface area contributed by atoms with Crippen LogP contribution in [0.4, 0.5) is 14.5 Å². The molecule has 0 fully saturated rings. The van der Waals surface area contributed by atoms with Gasteiger partial charge in [0.2, 0.25) is 5.91 Å². The van der Waals surface area contributed by atoms with Gasteiger partial charge in [0, 0.05) is 16.8 Å². The molecular weight excluding hydrogens is 454 g/mol. The summed E-state index contributed by atoms with van der Waals surface area (Å²) in [5.74, 6) is -1.22. The maximum Gasteiger partial charge on any atom is 0.259 e. The molecule has 0 spiro atoms. The predicted octanol–water partition coefficient (Wildman–Crippen LogP) is 5.04. The molecule has 0 aliphatic carbocycles. The zero-order valence-electron chi connectivity index (χ0n) is 19.7. The lowest BCUT2D eigenvalue weighted by molar-refractivity contribution is -0.123. The Morgan fingerprint density at radius 1 is 0.886 bits per heavy atom. The van der Waals surface area contributed by atoms with E-state index in [-0.39, 0.29) is 11.3 Å². The number of nitrogens with zero attached hydrogens (tertiary/aromatic N) is 1. The molecule has 4 rings (SSSR count). The molecule has 3 aromatic carbocycles. The molecule has 2 amide bonds. The van der Waals surface area contributed by atoms with Crippen LogP contribution in [-0.4, -0.2) is 30.6 Å². The average Bonchev–Trinajstić information content (AvgIpc) is 2.81. The number of nitrogens with one attached hydrogen (secondary N) is 1. The Labute approximate surface area is 202 Å². The van der Waals surface area contributed by atoms with Crippen molar-refractivity contribution in [3.8, 4) is 11.5 Å². The number of ether oxygens (including phenoxy) is 2. The summed E-state index contributed by atoms with van der Waals surface area (Å²) in [6, 6.07) is 14.2.